The monoisotopic (exact) mass is 774 g/mol. The highest BCUT2D eigenvalue weighted by atomic mass is 32.1. The van der Waals surface area contributed by atoms with Crippen molar-refractivity contribution in [3.63, 3.8) is 0 Å². The predicted molar refractivity (Wildman–Crippen MR) is 254 cm³/mol. The summed E-state index contributed by atoms with van der Waals surface area (Å²) >= 11 is 3.75. The molecule has 0 atom stereocenters. The highest BCUT2D eigenvalue weighted by Gasteiger charge is 2.27. The van der Waals surface area contributed by atoms with E-state index in [1.165, 1.54) is 72.7 Å². The second-order valence-corrected chi connectivity index (χ2v) is 17.1. The third-order valence-corrected chi connectivity index (χ3v) is 13.9. The lowest BCUT2D eigenvalue weighted by atomic mass is 10.0. The Kier molecular flexibility index (Phi) is 7.62. The van der Waals surface area contributed by atoms with Gasteiger partial charge in [-0.3, -0.25) is 0 Å². The van der Waals surface area contributed by atoms with Gasteiger partial charge in [-0.25, -0.2) is 0 Å². The number of rotatable bonds is 6. The minimum absolute atomic E-state index is 1.10. The Labute approximate surface area is 343 Å². The van der Waals surface area contributed by atoms with Crippen molar-refractivity contribution in [2.75, 3.05) is 9.80 Å². The lowest BCUT2D eigenvalue weighted by Gasteiger charge is -2.34. The van der Waals surface area contributed by atoms with Crippen LogP contribution in [-0.2, 0) is 0 Å². The maximum atomic E-state index is 2.53. The smallest absolute Gasteiger partial charge is 0.0883 e. The molecule has 0 unspecified atom stereocenters. The number of anilines is 6. The van der Waals surface area contributed by atoms with Crippen LogP contribution in [0.15, 0.2) is 206 Å². The van der Waals surface area contributed by atoms with E-state index < -0.39 is 0 Å². The summed E-state index contributed by atoms with van der Waals surface area (Å²) in [5.41, 5.74) is 6.69. The highest BCUT2D eigenvalue weighted by Crippen LogP contribution is 2.54. The van der Waals surface area contributed by atoms with Gasteiger partial charge in [-0.15, -0.1) is 22.7 Å². The summed E-state index contributed by atoms with van der Waals surface area (Å²) in [6.07, 6.45) is 0. The fourth-order valence-corrected chi connectivity index (χ4v) is 11.2. The summed E-state index contributed by atoms with van der Waals surface area (Å²) < 4.78 is 5.12. The van der Waals surface area contributed by atoms with Crippen LogP contribution < -0.4 is 9.80 Å². The zero-order valence-electron chi connectivity index (χ0n) is 31.3. The molecule has 0 radical (unpaired) electrons. The van der Waals surface area contributed by atoms with Gasteiger partial charge in [-0.05, 0) is 105 Å². The van der Waals surface area contributed by atoms with Gasteiger partial charge in [-0.2, -0.15) is 0 Å². The molecule has 10 aromatic carbocycles. The molecule has 0 saturated carbocycles. The lowest BCUT2D eigenvalue weighted by molar-refractivity contribution is 1.25. The number of fused-ring (bicyclic) bond motifs is 10. The summed E-state index contributed by atoms with van der Waals surface area (Å²) in [5.74, 6) is 0. The molecule has 0 aliphatic rings. The Morgan fingerprint density at radius 1 is 0.293 bits per heavy atom. The van der Waals surface area contributed by atoms with Crippen LogP contribution in [0.1, 0.15) is 0 Å². The molecule has 0 N–H and O–H groups in total. The summed E-state index contributed by atoms with van der Waals surface area (Å²) in [4.78, 5) is 4.99. The van der Waals surface area contributed by atoms with Crippen molar-refractivity contribution in [1.82, 2.24) is 0 Å². The number of hydrogen-bond acceptors (Lipinski definition) is 4. The molecular formula is C54H34N2S2. The van der Waals surface area contributed by atoms with Gasteiger partial charge >= 0.3 is 0 Å². The first-order valence-corrected chi connectivity index (χ1v) is 21.3. The largest absolute Gasteiger partial charge is 0.308 e. The maximum Gasteiger partial charge on any atom is 0.0883 e. The van der Waals surface area contributed by atoms with Crippen LogP contribution in [0, 0.1) is 0 Å². The molecule has 0 spiro atoms. The summed E-state index contributed by atoms with van der Waals surface area (Å²) in [5, 5.41) is 12.5. The van der Waals surface area contributed by atoms with Crippen molar-refractivity contribution < 1.29 is 0 Å². The fraction of sp³-hybridized carbons (Fsp3) is 0. The van der Waals surface area contributed by atoms with Crippen molar-refractivity contribution in [1.29, 1.82) is 0 Å². The number of thiophene rings is 2. The van der Waals surface area contributed by atoms with Gasteiger partial charge in [-0.1, -0.05) is 133 Å². The maximum absolute atomic E-state index is 2.53. The van der Waals surface area contributed by atoms with E-state index in [-0.39, 0.29) is 0 Å². The highest BCUT2D eigenvalue weighted by molar-refractivity contribution is 7.26. The first kappa shape index (κ1) is 33.2. The summed E-state index contributed by atoms with van der Waals surface area (Å²) in [6, 6.07) is 75.9. The molecule has 58 heavy (non-hydrogen) atoms. The molecule has 12 aromatic rings. The third-order valence-electron chi connectivity index (χ3n) is 11.6. The second-order valence-electron chi connectivity index (χ2n) is 14.9. The summed E-state index contributed by atoms with van der Waals surface area (Å²) in [6.45, 7) is 0. The zero-order valence-corrected chi connectivity index (χ0v) is 33.0. The quantitative estimate of drug-likeness (QED) is 0.166. The number of hydrogen-bond donors (Lipinski definition) is 0. The van der Waals surface area contributed by atoms with E-state index in [0.29, 0.717) is 0 Å². The Balaban J connectivity index is 1.23. The average molecular weight is 775 g/mol. The van der Waals surface area contributed by atoms with Gasteiger partial charge in [0.15, 0.2) is 0 Å². The molecule has 2 nitrogen and oxygen atoms in total. The zero-order chi connectivity index (χ0) is 38.2. The first-order valence-electron chi connectivity index (χ1n) is 19.7. The van der Waals surface area contributed by atoms with Crippen LogP contribution in [0.3, 0.4) is 0 Å². The van der Waals surface area contributed by atoms with Crippen molar-refractivity contribution >= 4 is 129 Å². The molecule has 0 saturated heterocycles. The van der Waals surface area contributed by atoms with Crippen LogP contribution in [0.5, 0.6) is 0 Å². The second kappa shape index (κ2) is 13.3. The molecule has 0 aliphatic carbocycles. The van der Waals surface area contributed by atoms with Crippen LogP contribution >= 0.6 is 22.7 Å². The van der Waals surface area contributed by atoms with Gasteiger partial charge < -0.3 is 9.80 Å². The molecule has 0 bridgehead atoms. The van der Waals surface area contributed by atoms with Crippen LogP contribution in [0.4, 0.5) is 34.1 Å². The third kappa shape index (κ3) is 5.30. The van der Waals surface area contributed by atoms with Gasteiger partial charge in [0.05, 0.1) is 16.1 Å². The van der Waals surface area contributed by atoms with Crippen LogP contribution in [-0.4, -0.2) is 0 Å². The van der Waals surface area contributed by atoms with Crippen molar-refractivity contribution in [3.05, 3.63) is 206 Å². The van der Waals surface area contributed by atoms with Gasteiger partial charge in [0.1, 0.15) is 0 Å². The van der Waals surface area contributed by atoms with E-state index in [1.807, 2.05) is 22.7 Å². The molecule has 272 valence electrons. The molecule has 0 aliphatic heterocycles. The van der Waals surface area contributed by atoms with Crippen molar-refractivity contribution in [2.24, 2.45) is 0 Å². The Morgan fingerprint density at radius 3 is 1.60 bits per heavy atom. The molecular weight excluding hydrogens is 741 g/mol. The molecule has 2 heterocycles. The van der Waals surface area contributed by atoms with E-state index in [2.05, 4.69) is 216 Å². The lowest BCUT2D eigenvalue weighted by Crippen LogP contribution is -2.17. The van der Waals surface area contributed by atoms with Crippen molar-refractivity contribution in [2.45, 2.75) is 0 Å². The van der Waals surface area contributed by atoms with E-state index in [1.54, 1.807) is 0 Å². The SMILES string of the molecule is c1ccc(N(c2ccc3ccccc3c2)c2ccc3c(sc4ccc5ccccc5c43)c2N(c2ccc3ccccc3c2)c2ccc3sc4ccccc4c3c2)cc1. The Hall–Kier alpha value is -6.98. The van der Waals surface area contributed by atoms with Gasteiger partial charge in [0.2, 0.25) is 0 Å². The first-order chi connectivity index (χ1) is 28.7. The topological polar surface area (TPSA) is 6.48 Å². The average Bonchev–Trinajstić information content (AvgIpc) is 3.86. The van der Waals surface area contributed by atoms with E-state index in [0.717, 1.165) is 34.1 Å². The number of benzene rings is 10. The minimum Gasteiger partial charge on any atom is -0.308 e. The predicted octanol–water partition coefficient (Wildman–Crippen LogP) is 16.8. The molecule has 0 amide bonds. The van der Waals surface area contributed by atoms with Crippen LogP contribution in [0.2, 0.25) is 0 Å². The number of para-hydroxylation sites is 1. The minimum atomic E-state index is 1.10. The molecule has 2 aromatic heterocycles. The molecule has 12 rings (SSSR count). The molecule has 4 heteroatoms. The van der Waals surface area contributed by atoms with Gasteiger partial charge in [0, 0.05) is 58.4 Å². The Bertz CT molecular complexity index is 3540. The molecule has 0 fully saturated rings. The van der Waals surface area contributed by atoms with Crippen molar-refractivity contribution in [3.8, 4) is 0 Å². The normalized spacial score (nSPS) is 11.8. The van der Waals surface area contributed by atoms with Crippen LogP contribution in [0.25, 0.3) is 72.7 Å². The number of nitrogens with zero attached hydrogens (tertiary/aromatic N) is 2. The fourth-order valence-electron chi connectivity index (χ4n) is 8.88. The van der Waals surface area contributed by atoms with Gasteiger partial charge in [0.25, 0.3) is 0 Å². The standard InChI is InChI=1S/C54H34N2S2/c1-2-17-40(18-3-1)55(41-25-22-35-12-4-6-15-38(35)32-41)48-29-28-46-52-44-19-9-8-14-37(44)24-30-51(52)58-54(46)53(48)56(42-26-23-36-13-5-7-16-39(36)33-42)43-27-31-50-47(34-43)45-20-10-11-21-49(45)57-50/h1-34H. The van der Waals surface area contributed by atoms with E-state index in [9.17, 15) is 0 Å². The summed E-state index contributed by atoms with van der Waals surface area (Å²) in [7, 11) is 0. The van der Waals surface area contributed by atoms with E-state index >= 15 is 0 Å². The van der Waals surface area contributed by atoms with E-state index in [4.69, 9.17) is 0 Å². The Morgan fingerprint density at radius 2 is 0.845 bits per heavy atom.